The first-order valence-corrected chi connectivity index (χ1v) is 10.8. The summed E-state index contributed by atoms with van der Waals surface area (Å²) in [7, 11) is 1.66. The monoisotopic (exact) mass is 445 g/mol. The van der Waals surface area contributed by atoms with Gasteiger partial charge in [0.1, 0.15) is 5.75 Å². The number of carboxylic acids is 1. The summed E-state index contributed by atoms with van der Waals surface area (Å²) in [5, 5.41) is 12.5. The maximum atomic E-state index is 12.6. The van der Waals surface area contributed by atoms with Gasteiger partial charge < -0.3 is 25.0 Å². The van der Waals surface area contributed by atoms with Gasteiger partial charge in [-0.2, -0.15) is 0 Å². The molecule has 33 heavy (non-hydrogen) atoms. The minimum absolute atomic E-state index is 0.0724. The molecule has 0 unspecified atom stereocenters. The number of hydrogen-bond acceptors (Lipinski definition) is 5. The highest BCUT2D eigenvalue weighted by Crippen LogP contribution is 2.27. The predicted molar refractivity (Wildman–Crippen MR) is 130 cm³/mol. The van der Waals surface area contributed by atoms with Crippen LogP contribution in [0.15, 0.2) is 66.7 Å². The van der Waals surface area contributed by atoms with E-state index >= 15 is 0 Å². The maximum absolute atomic E-state index is 12.6. The van der Waals surface area contributed by atoms with Crippen LogP contribution in [0.3, 0.4) is 0 Å². The number of amides is 1. The van der Waals surface area contributed by atoms with E-state index in [0.29, 0.717) is 5.56 Å². The van der Waals surface area contributed by atoms with Crippen molar-refractivity contribution in [2.24, 2.45) is 0 Å². The minimum Gasteiger partial charge on any atom is -0.497 e. The molecule has 1 fully saturated rings. The van der Waals surface area contributed by atoms with Crippen LogP contribution in [0.4, 0.5) is 17.1 Å². The lowest BCUT2D eigenvalue weighted by Crippen LogP contribution is -2.46. The first kappa shape index (κ1) is 22.2. The van der Waals surface area contributed by atoms with Gasteiger partial charge in [-0.05, 0) is 49.4 Å². The lowest BCUT2D eigenvalue weighted by atomic mass is 10.1. The molecule has 0 aliphatic carbocycles. The summed E-state index contributed by atoms with van der Waals surface area (Å²) in [5.41, 5.74) is 3.82. The molecular weight excluding hydrogens is 418 g/mol. The zero-order chi connectivity index (χ0) is 23.4. The van der Waals surface area contributed by atoms with Gasteiger partial charge in [0, 0.05) is 49.2 Å². The number of aryl methyl sites for hydroxylation is 1. The molecule has 3 aromatic carbocycles. The Morgan fingerprint density at radius 2 is 1.52 bits per heavy atom. The zero-order valence-corrected chi connectivity index (χ0v) is 18.7. The number of benzene rings is 3. The quantitative estimate of drug-likeness (QED) is 0.589. The van der Waals surface area contributed by atoms with Gasteiger partial charge in [-0.25, -0.2) is 4.79 Å². The van der Waals surface area contributed by atoms with Gasteiger partial charge in [-0.3, -0.25) is 4.79 Å². The number of carbonyl (C=O) groups is 2. The highest BCUT2D eigenvalue weighted by atomic mass is 16.5. The number of methoxy groups -OCH3 is 1. The number of nitrogens with zero attached hydrogens (tertiary/aromatic N) is 2. The molecule has 0 bridgehead atoms. The van der Waals surface area contributed by atoms with E-state index < -0.39 is 5.97 Å². The second-order valence-electron chi connectivity index (χ2n) is 8.03. The van der Waals surface area contributed by atoms with E-state index in [0.717, 1.165) is 48.9 Å². The van der Waals surface area contributed by atoms with Gasteiger partial charge >= 0.3 is 5.97 Å². The summed E-state index contributed by atoms with van der Waals surface area (Å²) in [5.74, 6) is -0.590. The van der Waals surface area contributed by atoms with Crippen molar-refractivity contribution in [2.45, 2.75) is 6.92 Å². The van der Waals surface area contributed by atoms with Crippen molar-refractivity contribution in [3.8, 4) is 5.75 Å². The average molecular weight is 446 g/mol. The van der Waals surface area contributed by atoms with E-state index in [1.807, 2.05) is 43.3 Å². The predicted octanol–water partition coefficient (Wildman–Crippen LogP) is 4.28. The normalized spacial score (nSPS) is 13.5. The molecule has 0 aromatic heterocycles. The molecular formula is C26H27N3O4. The molecule has 1 saturated heterocycles. The lowest BCUT2D eigenvalue weighted by Gasteiger charge is -2.37. The maximum Gasteiger partial charge on any atom is 0.337 e. The Morgan fingerprint density at radius 3 is 2.12 bits per heavy atom. The number of piperazine rings is 1. The van der Waals surface area contributed by atoms with Gasteiger partial charge in [-0.1, -0.05) is 23.8 Å². The molecule has 0 spiro atoms. The van der Waals surface area contributed by atoms with Crippen LogP contribution in [-0.4, -0.2) is 50.3 Å². The highest BCUT2D eigenvalue weighted by Gasteiger charge is 2.21. The van der Waals surface area contributed by atoms with Crippen LogP contribution in [0, 0.1) is 6.92 Å². The molecule has 1 amide bonds. The highest BCUT2D eigenvalue weighted by molar-refractivity contribution is 6.08. The SMILES string of the molecule is COc1cccc(N2CCN(c3ccc(NC(=O)c4ccc(C)cc4)c(C(=O)O)c3)CC2)c1. The van der Waals surface area contributed by atoms with Crippen LogP contribution in [0.2, 0.25) is 0 Å². The van der Waals surface area contributed by atoms with Crippen LogP contribution in [-0.2, 0) is 0 Å². The van der Waals surface area contributed by atoms with Crippen LogP contribution < -0.4 is 19.9 Å². The van der Waals surface area contributed by atoms with E-state index in [1.165, 1.54) is 0 Å². The van der Waals surface area contributed by atoms with Gasteiger partial charge in [-0.15, -0.1) is 0 Å². The fraction of sp³-hybridized carbons (Fsp3) is 0.231. The lowest BCUT2D eigenvalue weighted by molar-refractivity contribution is 0.0698. The van der Waals surface area contributed by atoms with E-state index in [1.54, 1.807) is 31.4 Å². The smallest absolute Gasteiger partial charge is 0.337 e. The van der Waals surface area contributed by atoms with Gasteiger partial charge in [0.15, 0.2) is 0 Å². The largest absolute Gasteiger partial charge is 0.497 e. The number of anilines is 3. The average Bonchev–Trinajstić information content (AvgIpc) is 2.84. The molecule has 1 aliphatic rings. The summed E-state index contributed by atoms with van der Waals surface area (Å²) < 4.78 is 5.32. The van der Waals surface area contributed by atoms with E-state index in [2.05, 4.69) is 21.2 Å². The van der Waals surface area contributed by atoms with Crippen molar-refractivity contribution < 1.29 is 19.4 Å². The Balaban J connectivity index is 1.47. The molecule has 0 radical (unpaired) electrons. The third kappa shape index (κ3) is 5.09. The van der Waals surface area contributed by atoms with Crippen LogP contribution in [0.25, 0.3) is 0 Å². The summed E-state index contributed by atoms with van der Waals surface area (Å²) in [4.78, 5) is 28.9. The van der Waals surface area contributed by atoms with Crippen LogP contribution in [0.1, 0.15) is 26.3 Å². The van der Waals surface area contributed by atoms with E-state index in [9.17, 15) is 14.7 Å². The molecule has 1 heterocycles. The van der Waals surface area contributed by atoms with Crippen molar-refractivity contribution >= 4 is 28.9 Å². The Hall–Kier alpha value is -4.00. The summed E-state index contributed by atoms with van der Waals surface area (Å²) >= 11 is 0. The topological polar surface area (TPSA) is 82.1 Å². The Morgan fingerprint density at radius 1 is 0.879 bits per heavy atom. The number of aromatic carboxylic acids is 1. The third-order valence-corrected chi connectivity index (χ3v) is 5.86. The molecule has 0 atom stereocenters. The molecule has 170 valence electrons. The summed E-state index contributed by atoms with van der Waals surface area (Å²) in [6.45, 7) is 5.07. The van der Waals surface area contributed by atoms with Crippen molar-refractivity contribution in [2.75, 3.05) is 48.4 Å². The second-order valence-corrected chi connectivity index (χ2v) is 8.03. The van der Waals surface area contributed by atoms with Crippen molar-refractivity contribution in [1.29, 1.82) is 0 Å². The number of carbonyl (C=O) groups excluding carboxylic acids is 1. The number of hydrogen-bond donors (Lipinski definition) is 2. The van der Waals surface area contributed by atoms with E-state index in [-0.39, 0.29) is 17.2 Å². The molecule has 4 rings (SSSR count). The number of nitrogens with one attached hydrogen (secondary N) is 1. The van der Waals surface area contributed by atoms with Crippen molar-refractivity contribution in [1.82, 2.24) is 0 Å². The number of ether oxygens (including phenoxy) is 1. The Labute approximate surface area is 193 Å². The Bertz CT molecular complexity index is 1150. The molecule has 0 saturated carbocycles. The standard InChI is InChI=1S/C26H27N3O4/c1-18-6-8-19(9-7-18)25(30)27-24-11-10-21(17-23(24)26(31)32)29-14-12-28(13-15-29)20-4-3-5-22(16-20)33-2/h3-11,16-17H,12-15H2,1-2H3,(H,27,30)(H,31,32). The first-order chi connectivity index (χ1) is 15.9. The Kier molecular flexibility index (Phi) is 6.49. The summed E-state index contributed by atoms with van der Waals surface area (Å²) in [6, 6.07) is 20.3. The fourth-order valence-electron chi connectivity index (χ4n) is 3.94. The zero-order valence-electron chi connectivity index (χ0n) is 18.7. The molecule has 7 nitrogen and oxygen atoms in total. The molecule has 3 aromatic rings. The van der Waals surface area contributed by atoms with Crippen LogP contribution >= 0.6 is 0 Å². The van der Waals surface area contributed by atoms with Crippen molar-refractivity contribution in [3.05, 3.63) is 83.4 Å². The second kappa shape index (κ2) is 9.65. The van der Waals surface area contributed by atoms with Gasteiger partial charge in [0.05, 0.1) is 18.4 Å². The number of rotatable bonds is 6. The van der Waals surface area contributed by atoms with Crippen LogP contribution in [0.5, 0.6) is 5.75 Å². The summed E-state index contributed by atoms with van der Waals surface area (Å²) in [6.07, 6.45) is 0. The molecule has 7 heteroatoms. The third-order valence-electron chi connectivity index (χ3n) is 5.86. The molecule has 1 aliphatic heterocycles. The van der Waals surface area contributed by atoms with Crippen molar-refractivity contribution in [3.63, 3.8) is 0 Å². The molecule has 2 N–H and O–H groups in total. The minimum atomic E-state index is -1.08. The first-order valence-electron chi connectivity index (χ1n) is 10.8. The van der Waals surface area contributed by atoms with Gasteiger partial charge in [0.25, 0.3) is 5.91 Å². The number of carboxylic acid groups (broad SMARTS) is 1. The fourth-order valence-corrected chi connectivity index (χ4v) is 3.94. The van der Waals surface area contributed by atoms with Gasteiger partial charge in [0.2, 0.25) is 0 Å². The van der Waals surface area contributed by atoms with E-state index in [4.69, 9.17) is 4.74 Å².